The summed E-state index contributed by atoms with van der Waals surface area (Å²) in [6, 6.07) is 8.00. The molecule has 0 spiro atoms. The highest BCUT2D eigenvalue weighted by Crippen LogP contribution is 2.56. The number of fused-ring (bicyclic) bond motifs is 3. The van der Waals surface area contributed by atoms with Crippen LogP contribution in [0.15, 0.2) is 30.3 Å². The molecule has 2 aromatic rings. The maximum absolute atomic E-state index is 13.5. The monoisotopic (exact) mass is 407 g/mol. The highest BCUT2D eigenvalue weighted by Gasteiger charge is 2.51. The molecule has 5 rings (SSSR count). The van der Waals surface area contributed by atoms with Crippen LogP contribution in [0, 0.1) is 5.41 Å². The predicted molar refractivity (Wildman–Crippen MR) is 116 cm³/mol. The van der Waals surface area contributed by atoms with Gasteiger partial charge in [0, 0.05) is 23.0 Å². The number of hydrogen-bond donors (Lipinski definition) is 1. The van der Waals surface area contributed by atoms with E-state index in [1.54, 1.807) is 6.92 Å². The highest BCUT2D eigenvalue weighted by molar-refractivity contribution is 6.17. The molecule has 30 heavy (non-hydrogen) atoms. The van der Waals surface area contributed by atoms with Crippen LogP contribution in [0.25, 0.3) is 16.6 Å². The minimum atomic E-state index is -0.695. The molecule has 0 saturated carbocycles. The van der Waals surface area contributed by atoms with Gasteiger partial charge < -0.3 is 14.6 Å². The smallest absolute Gasteiger partial charge is 0.328 e. The zero-order valence-corrected chi connectivity index (χ0v) is 17.9. The van der Waals surface area contributed by atoms with E-state index in [0.29, 0.717) is 11.7 Å². The lowest BCUT2D eigenvalue weighted by Gasteiger charge is -2.53. The third-order valence-electron chi connectivity index (χ3n) is 7.38. The third-order valence-corrected chi connectivity index (χ3v) is 7.38. The maximum atomic E-state index is 13.5. The molecule has 3 atom stereocenters. The highest BCUT2D eigenvalue weighted by atomic mass is 16.5. The number of esters is 1. The first-order valence-electron chi connectivity index (χ1n) is 11.0. The summed E-state index contributed by atoms with van der Waals surface area (Å²) in [6.07, 6.45) is 6.42. The first-order valence-corrected chi connectivity index (χ1v) is 11.0. The van der Waals surface area contributed by atoms with Gasteiger partial charge in [-0.3, -0.25) is 9.69 Å². The molecule has 158 valence electrons. The Bertz CT molecular complexity index is 1070. The fourth-order valence-corrected chi connectivity index (χ4v) is 5.95. The molecule has 6 nitrogen and oxygen atoms in total. The lowest BCUT2D eigenvalue weighted by atomic mass is 9.66. The Labute approximate surface area is 176 Å². The molecule has 0 bridgehead atoms. The maximum Gasteiger partial charge on any atom is 0.328 e. The van der Waals surface area contributed by atoms with Crippen LogP contribution in [0.4, 0.5) is 0 Å². The van der Waals surface area contributed by atoms with Gasteiger partial charge in [-0.2, -0.15) is 0 Å². The molecule has 1 N–H and O–H groups in total. The van der Waals surface area contributed by atoms with E-state index in [2.05, 4.69) is 46.0 Å². The van der Waals surface area contributed by atoms with Crippen LogP contribution in [0.3, 0.4) is 0 Å². The van der Waals surface area contributed by atoms with E-state index in [9.17, 15) is 9.59 Å². The number of nitrogens with one attached hydrogen (secondary N) is 1. The summed E-state index contributed by atoms with van der Waals surface area (Å²) in [5, 5.41) is 4.11. The van der Waals surface area contributed by atoms with Gasteiger partial charge in [-0.15, -0.1) is 0 Å². The number of amides is 1. The van der Waals surface area contributed by atoms with Crippen LogP contribution in [-0.4, -0.2) is 47.6 Å². The van der Waals surface area contributed by atoms with Gasteiger partial charge in [0.15, 0.2) is 0 Å². The van der Waals surface area contributed by atoms with Crippen LogP contribution in [0.5, 0.6) is 0 Å². The van der Waals surface area contributed by atoms with Crippen molar-refractivity contribution in [3.8, 4) is 0 Å². The van der Waals surface area contributed by atoms with Crippen molar-refractivity contribution in [2.45, 2.75) is 51.6 Å². The Balaban J connectivity index is 1.72. The van der Waals surface area contributed by atoms with Crippen molar-refractivity contribution in [3.63, 3.8) is 0 Å². The number of aromatic nitrogens is 1. The summed E-state index contributed by atoms with van der Waals surface area (Å²) in [7, 11) is 1.34. The van der Waals surface area contributed by atoms with Crippen molar-refractivity contribution >= 4 is 28.5 Å². The molecule has 6 heteroatoms. The number of nitrogens with zero attached hydrogens (tertiary/aromatic N) is 2. The largest absolute Gasteiger partial charge is 0.467 e. The number of methoxy groups -OCH3 is 1. The average molecular weight is 408 g/mol. The Kier molecular flexibility index (Phi) is 4.51. The molecule has 1 aromatic heterocycles. The quantitative estimate of drug-likeness (QED) is 0.791. The Morgan fingerprint density at radius 1 is 1.30 bits per heavy atom. The number of rotatable bonds is 4. The van der Waals surface area contributed by atoms with E-state index in [4.69, 9.17) is 4.74 Å². The van der Waals surface area contributed by atoms with Gasteiger partial charge in [-0.25, -0.2) is 4.79 Å². The zero-order chi connectivity index (χ0) is 21.0. The second kappa shape index (κ2) is 6.98. The van der Waals surface area contributed by atoms with Crippen molar-refractivity contribution < 1.29 is 14.3 Å². The van der Waals surface area contributed by atoms with Crippen LogP contribution < -0.4 is 5.32 Å². The molecule has 0 aliphatic carbocycles. The van der Waals surface area contributed by atoms with E-state index < -0.39 is 12.0 Å². The molecular weight excluding hydrogens is 378 g/mol. The Morgan fingerprint density at radius 2 is 2.10 bits per heavy atom. The molecule has 3 aliphatic rings. The van der Waals surface area contributed by atoms with E-state index in [1.165, 1.54) is 23.8 Å². The van der Waals surface area contributed by atoms with Gasteiger partial charge >= 0.3 is 5.97 Å². The molecule has 4 heterocycles. The van der Waals surface area contributed by atoms with Crippen molar-refractivity contribution in [2.75, 3.05) is 20.2 Å². The minimum absolute atomic E-state index is 0.0566. The topological polar surface area (TPSA) is 63.6 Å². The molecule has 0 radical (unpaired) electrons. The van der Waals surface area contributed by atoms with Gasteiger partial charge in [0.1, 0.15) is 11.7 Å². The normalized spacial score (nSPS) is 26.0. The van der Waals surface area contributed by atoms with Crippen LogP contribution in [-0.2, 0) is 20.7 Å². The fraction of sp³-hybridized carbons (Fsp3) is 0.500. The first-order chi connectivity index (χ1) is 14.5. The Hall–Kier alpha value is -2.60. The summed E-state index contributed by atoms with van der Waals surface area (Å²) in [4.78, 5) is 28.0. The number of benzene rings is 1. The standard InChI is InChI=1S/C24H29N3O3/c1-4-24-11-7-12-26-13-10-17-16-8-5-6-9-18(16)27(20(17)21(24)26)19(14-24)22(28)25-15(2)23(29)30-3/h5-6,8-9,14-15,21H,4,7,10-13H2,1-3H3,(H,25,28)/t15-,21+,24-/m0/s1. The molecule has 1 saturated heterocycles. The summed E-state index contributed by atoms with van der Waals surface area (Å²) < 4.78 is 6.97. The second-order valence-corrected chi connectivity index (χ2v) is 8.84. The van der Waals surface area contributed by atoms with Crippen LogP contribution in [0.2, 0.25) is 0 Å². The molecule has 3 aliphatic heterocycles. The minimum Gasteiger partial charge on any atom is -0.467 e. The summed E-state index contributed by atoms with van der Waals surface area (Å²) in [5.74, 6) is -0.656. The fourth-order valence-electron chi connectivity index (χ4n) is 5.95. The first kappa shape index (κ1) is 19.4. The number of hydrogen-bond acceptors (Lipinski definition) is 4. The summed E-state index contributed by atoms with van der Waals surface area (Å²) in [5.41, 5.74) is 4.32. The van der Waals surface area contributed by atoms with Gasteiger partial charge in [-0.05, 0) is 56.9 Å². The van der Waals surface area contributed by atoms with Crippen molar-refractivity contribution in [3.05, 3.63) is 41.6 Å². The zero-order valence-electron chi connectivity index (χ0n) is 17.9. The van der Waals surface area contributed by atoms with E-state index >= 15 is 0 Å². The van der Waals surface area contributed by atoms with Gasteiger partial charge in [0.2, 0.25) is 0 Å². The summed E-state index contributed by atoms with van der Waals surface area (Å²) in [6.45, 7) is 6.08. The lowest BCUT2D eigenvalue weighted by Crippen LogP contribution is -2.51. The van der Waals surface area contributed by atoms with Crippen molar-refractivity contribution in [2.24, 2.45) is 5.41 Å². The number of carbonyl (C=O) groups is 2. The van der Waals surface area contributed by atoms with E-state index in [0.717, 1.165) is 44.3 Å². The lowest BCUT2D eigenvalue weighted by molar-refractivity contribution is -0.144. The van der Waals surface area contributed by atoms with Crippen LogP contribution >= 0.6 is 0 Å². The SMILES string of the molecule is CC[C@@]12C=C(C(=O)N[C@@H](C)C(=O)OC)n3c4c(c5ccccc53)CCN(CCC1)[C@H]42. The predicted octanol–water partition coefficient (Wildman–Crippen LogP) is 3.26. The molecule has 1 amide bonds. The van der Waals surface area contributed by atoms with E-state index in [1.807, 2.05) is 6.07 Å². The third kappa shape index (κ3) is 2.59. The summed E-state index contributed by atoms with van der Waals surface area (Å²) >= 11 is 0. The molecule has 1 fully saturated rings. The second-order valence-electron chi connectivity index (χ2n) is 8.84. The van der Waals surface area contributed by atoms with Gasteiger partial charge in [0.25, 0.3) is 5.91 Å². The number of carbonyl (C=O) groups excluding carboxylic acids is 2. The molecule has 0 unspecified atom stereocenters. The number of ether oxygens (including phenoxy) is 1. The van der Waals surface area contributed by atoms with Crippen molar-refractivity contribution in [1.29, 1.82) is 0 Å². The van der Waals surface area contributed by atoms with Gasteiger partial charge in [0.05, 0.1) is 18.7 Å². The van der Waals surface area contributed by atoms with Crippen molar-refractivity contribution in [1.82, 2.24) is 14.8 Å². The molecule has 1 aromatic carbocycles. The Morgan fingerprint density at radius 3 is 2.87 bits per heavy atom. The van der Waals surface area contributed by atoms with Gasteiger partial charge in [-0.1, -0.05) is 25.1 Å². The number of para-hydroxylation sites is 1. The number of piperidine rings is 1. The van der Waals surface area contributed by atoms with E-state index in [-0.39, 0.29) is 11.3 Å². The van der Waals surface area contributed by atoms with Crippen LogP contribution in [0.1, 0.15) is 50.4 Å². The molecular formula is C24H29N3O3. The average Bonchev–Trinajstić information content (AvgIpc) is 3.12.